The third kappa shape index (κ3) is 3.02. The van der Waals surface area contributed by atoms with Crippen LogP contribution in [0.5, 0.6) is 0 Å². The van der Waals surface area contributed by atoms with Gasteiger partial charge in [-0.05, 0) is 29.6 Å². The van der Waals surface area contributed by atoms with E-state index in [0.717, 1.165) is 4.90 Å². The molecule has 1 aliphatic rings. The molecule has 1 atom stereocenters. The fourth-order valence-electron chi connectivity index (χ4n) is 1.54. The molecule has 1 saturated heterocycles. The zero-order valence-electron chi connectivity index (χ0n) is 8.24. The van der Waals surface area contributed by atoms with Crippen molar-refractivity contribution in [2.45, 2.75) is 31.7 Å². The summed E-state index contributed by atoms with van der Waals surface area (Å²) in [5.74, 6) is -0.878. The molecule has 0 aromatic rings. The van der Waals surface area contributed by atoms with Crippen LogP contribution in [0.2, 0.25) is 0 Å². The number of nitrogens with zero attached hydrogens (tertiary/aromatic N) is 1. The summed E-state index contributed by atoms with van der Waals surface area (Å²) in [4.78, 5) is 45.2. The van der Waals surface area contributed by atoms with Crippen LogP contribution < -0.4 is 0 Å². The fourth-order valence-corrected chi connectivity index (χ4v) is 1.85. The molecular formula is C9H9Cl2NO4. The highest BCUT2D eigenvalue weighted by molar-refractivity contribution is 6.65. The van der Waals surface area contributed by atoms with Gasteiger partial charge in [0.2, 0.25) is 22.3 Å². The zero-order chi connectivity index (χ0) is 12.3. The van der Waals surface area contributed by atoms with E-state index in [0.29, 0.717) is 0 Å². The van der Waals surface area contributed by atoms with Gasteiger partial charge in [-0.15, -0.1) is 0 Å². The smallest absolute Gasteiger partial charge is 0.244 e. The summed E-state index contributed by atoms with van der Waals surface area (Å²) in [7, 11) is 0. The quantitative estimate of drug-likeness (QED) is 0.545. The summed E-state index contributed by atoms with van der Waals surface area (Å²) in [6.45, 7) is 0. The number of imide groups is 1. The van der Waals surface area contributed by atoms with Gasteiger partial charge < -0.3 is 0 Å². The molecule has 2 amide bonds. The van der Waals surface area contributed by atoms with Crippen LogP contribution in [0.3, 0.4) is 0 Å². The van der Waals surface area contributed by atoms with Crippen molar-refractivity contribution >= 4 is 45.5 Å². The lowest BCUT2D eigenvalue weighted by atomic mass is 10.1. The van der Waals surface area contributed by atoms with E-state index in [1.54, 1.807) is 0 Å². The van der Waals surface area contributed by atoms with Crippen LogP contribution in [0.1, 0.15) is 25.7 Å². The van der Waals surface area contributed by atoms with Gasteiger partial charge in [0, 0.05) is 19.3 Å². The Morgan fingerprint density at radius 3 is 2.06 bits per heavy atom. The first kappa shape index (κ1) is 13.1. The van der Waals surface area contributed by atoms with Crippen LogP contribution in [0.15, 0.2) is 0 Å². The van der Waals surface area contributed by atoms with Gasteiger partial charge in [0.1, 0.15) is 6.04 Å². The molecule has 0 saturated carbocycles. The molecule has 1 rings (SSSR count). The van der Waals surface area contributed by atoms with Crippen molar-refractivity contribution in [1.29, 1.82) is 0 Å². The van der Waals surface area contributed by atoms with Crippen LogP contribution in [-0.4, -0.2) is 33.2 Å². The first-order valence-corrected chi connectivity index (χ1v) is 5.41. The van der Waals surface area contributed by atoms with Gasteiger partial charge in [0.05, 0.1) is 0 Å². The van der Waals surface area contributed by atoms with Crippen LogP contribution in [0.4, 0.5) is 0 Å². The van der Waals surface area contributed by atoms with E-state index in [2.05, 4.69) is 0 Å². The van der Waals surface area contributed by atoms with E-state index in [4.69, 9.17) is 23.2 Å². The van der Waals surface area contributed by atoms with Gasteiger partial charge in [-0.3, -0.25) is 24.1 Å². The number of hydrogen-bond donors (Lipinski definition) is 0. The van der Waals surface area contributed by atoms with Gasteiger partial charge in [0.15, 0.2) is 0 Å². The summed E-state index contributed by atoms with van der Waals surface area (Å²) < 4.78 is 0. The summed E-state index contributed by atoms with van der Waals surface area (Å²) in [5, 5.41) is -1.47. The lowest BCUT2D eigenvalue weighted by Crippen LogP contribution is -2.43. The van der Waals surface area contributed by atoms with Crippen molar-refractivity contribution in [3.8, 4) is 0 Å². The zero-order valence-corrected chi connectivity index (χ0v) is 9.75. The largest absolute Gasteiger partial charge is 0.281 e. The van der Waals surface area contributed by atoms with E-state index in [1.165, 1.54) is 0 Å². The second-order valence-electron chi connectivity index (χ2n) is 3.37. The standard InChI is InChI=1S/C9H9Cl2NO4/c10-6(13)2-1-5(9(11)16)12-7(14)3-4-8(12)15/h5H,1-4H2. The molecule has 0 aliphatic carbocycles. The van der Waals surface area contributed by atoms with E-state index in [1.807, 2.05) is 0 Å². The highest BCUT2D eigenvalue weighted by Gasteiger charge is 2.37. The SMILES string of the molecule is O=C(Cl)CCC(C(=O)Cl)N1C(=O)CCC1=O. The molecular weight excluding hydrogens is 257 g/mol. The predicted octanol–water partition coefficient (Wildman–Crippen LogP) is 0.815. The van der Waals surface area contributed by atoms with Gasteiger partial charge in [0.25, 0.3) is 0 Å². The topological polar surface area (TPSA) is 71.5 Å². The Bertz CT molecular complexity index is 339. The minimum absolute atomic E-state index is 0.0256. The number of rotatable bonds is 5. The maximum atomic E-state index is 11.4. The molecule has 0 spiro atoms. The third-order valence-electron chi connectivity index (χ3n) is 2.28. The van der Waals surface area contributed by atoms with Gasteiger partial charge in [-0.2, -0.15) is 0 Å². The molecule has 16 heavy (non-hydrogen) atoms. The summed E-state index contributed by atoms with van der Waals surface area (Å²) in [6.07, 6.45) is 0.0204. The minimum Gasteiger partial charge on any atom is -0.281 e. The Morgan fingerprint density at radius 2 is 1.69 bits per heavy atom. The number of carbonyl (C=O) groups excluding carboxylic acids is 4. The molecule has 1 heterocycles. The monoisotopic (exact) mass is 265 g/mol. The van der Waals surface area contributed by atoms with Crippen molar-refractivity contribution in [1.82, 2.24) is 4.90 Å². The highest BCUT2D eigenvalue weighted by Crippen LogP contribution is 2.20. The first-order valence-electron chi connectivity index (χ1n) is 4.66. The van der Waals surface area contributed by atoms with E-state index in [-0.39, 0.29) is 25.7 Å². The lowest BCUT2D eigenvalue weighted by Gasteiger charge is -2.22. The molecule has 1 aliphatic heterocycles. The molecule has 7 heteroatoms. The molecule has 0 N–H and O–H groups in total. The van der Waals surface area contributed by atoms with Crippen LogP contribution in [-0.2, 0) is 19.2 Å². The number of amides is 2. The molecule has 0 bridgehead atoms. The van der Waals surface area contributed by atoms with E-state index in [9.17, 15) is 19.2 Å². The number of likely N-dealkylation sites (tertiary alicyclic amines) is 1. The second-order valence-corrected chi connectivity index (χ2v) is 4.17. The fraction of sp³-hybridized carbons (Fsp3) is 0.556. The van der Waals surface area contributed by atoms with E-state index >= 15 is 0 Å². The molecule has 88 valence electrons. The Balaban J connectivity index is 2.76. The van der Waals surface area contributed by atoms with Crippen LogP contribution in [0, 0.1) is 0 Å². The minimum atomic E-state index is -1.08. The van der Waals surface area contributed by atoms with Crippen molar-refractivity contribution in [3.05, 3.63) is 0 Å². The molecule has 1 unspecified atom stereocenters. The Hall–Kier alpha value is -0.940. The number of hydrogen-bond acceptors (Lipinski definition) is 4. The summed E-state index contributed by atoms with van der Waals surface area (Å²) in [6, 6.07) is -1.08. The van der Waals surface area contributed by atoms with Crippen molar-refractivity contribution in [2.24, 2.45) is 0 Å². The first-order chi connectivity index (χ1) is 7.43. The Morgan fingerprint density at radius 1 is 1.19 bits per heavy atom. The second kappa shape index (κ2) is 5.41. The van der Waals surface area contributed by atoms with Crippen molar-refractivity contribution in [2.75, 3.05) is 0 Å². The molecule has 0 radical (unpaired) electrons. The van der Waals surface area contributed by atoms with Crippen molar-refractivity contribution in [3.63, 3.8) is 0 Å². The normalized spacial score (nSPS) is 17.8. The predicted molar refractivity (Wildman–Crippen MR) is 55.8 cm³/mol. The van der Waals surface area contributed by atoms with E-state index < -0.39 is 28.3 Å². The van der Waals surface area contributed by atoms with Gasteiger partial charge >= 0.3 is 0 Å². The summed E-state index contributed by atoms with van der Waals surface area (Å²) >= 11 is 10.4. The van der Waals surface area contributed by atoms with Crippen LogP contribution in [0.25, 0.3) is 0 Å². The van der Waals surface area contributed by atoms with Crippen LogP contribution >= 0.6 is 23.2 Å². The molecule has 0 aromatic carbocycles. The average molecular weight is 266 g/mol. The molecule has 0 aromatic heterocycles. The lowest BCUT2D eigenvalue weighted by molar-refractivity contribution is -0.144. The van der Waals surface area contributed by atoms with Crippen molar-refractivity contribution < 1.29 is 19.2 Å². The average Bonchev–Trinajstić information content (AvgIpc) is 2.48. The third-order valence-corrected chi connectivity index (χ3v) is 2.72. The summed E-state index contributed by atoms with van der Waals surface area (Å²) in [5.41, 5.74) is 0. The van der Waals surface area contributed by atoms with Gasteiger partial charge in [-0.1, -0.05) is 0 Å². The maximum absolute atomic E-state index is 11.4. The Labute approximate surface area is 102 Å². The highest BCUT2D eigenvalue weighted by atomic mass is 35.5. The van der Waals surface area contributed by atoms with Gasteiger partial charge in [-0.25, -0.2) is 0 Å². The molecule has 1 fully saturated rings. The molecule has 5 nitrogen and oxygen atoms in total. The number of carbonyl (C=O) groups is 4. The number of halogens is 2. The maximum Gasteiger partial charge on any atom is 0.244 e. The Kier molecular flexibility index (Phi) is 4.44.